The van der Waals surface area contributed by atoms with E-state index in [9.17, 15) is 5.11 Å². The molecule has 0 spiro atoms. The van der Waals surface area contributed by atoms with Crippen molar-refractivity contribution in [2.75, 3.05) is 0 Å². The van der Waals surface area contributed by atoms with E-state index in [-0.39, 0.29) is 6.10 Å². The van der Waals surface area contributed by atoms with Crippen LogP contribution >= 0.6 is 0 Å². The first kappa shape index (κ1) is 7.60. The lowest BCUT2D eigenvalue weighted by molar-refractivity contribution is -0.154. The van der Waals surface area contributed by atoms with E-state index in [1.165, 1.54) is 6.42 Å². The molecule has 4 atom stereocenters. The molecule has 11 heavy (non-hydrogen) atoms. The van der Waals surface area contributed by atoms with Gasteiger partial charge in [0.25, 0.3) is 0 Å². The summed E-state index contributed by atoms with van der Waals surface area (Å²) in [6.45, 7) is 6.91. The van der Waals surface area contributed by atoms with Crippen LogP contribution in [0.3, 0.4) is 0 Å². The van der Waals surface area contributed by atoms with E-state index in [1.54, 1.807) is 0 Å². The summed E-state index contributed by atoms with van der Waals surface area (Å²) in [5, 5.41) is 9.61. The van der Waals surface area contributed by atoms with Gasteiger partial charge < -0.3 is 5.11 Å². The Balaban J connectivity index is 2.17. The molecule has 1 heteroatoms. The van der Waals surface area contributed by atoms with Crippen LogP contribution in [0.1, 0.15) is 33.6 Å². The second kappa shape index (κ2) is 2.01. The van der Waals surface area contributed by atoms with Crippen molar-refractivity contribution in [2.45, 2.75) is 39.7 Å². The van der Waals surface area contributed by atoms with E-state index in [0.717, 1.165) is 18.3 Å². The third kappa shape index (κ3) is 0.807. The maximum atomic E-state index is 9.61. The van der Waals surface area contributed by atoms with Gasteiger partial charge in [-0.15, -0.1) is 0 Å². The largest absolute Gasteiger partial charge is 0.393 e. The summed E-state index contributed by atoms with van der Waals surface area (Å²) in [6, 6.07) is 0. The lowest BCUT2D eigenvalue weighted by atomic mass is 9.45. The molecule has 0 aromatic heterocycles. The topological polar surface area (TPSA) is 20.2 Å². The van der Waals surface area contributed by atoms with Gasteiger partial charge in [0, 0.05) is 0 Å². The van der Waals surface area contributed by atoms with E-state index < -0.39 is 0 Å². The van der Waals surface area contributed by atoms with Crippen LogP contribution in [0.5, 0.6) is 0 Å². The number of aliphatic hydroxyl groups is 1. The minimum atomic E-state index is -0.00762. The second-order valence-electron chi connectivity index (χ2n) is 5.02. The van der Waals surface area contributed by atoms with Crippen molar-refractivity contribution in [3.63, 3.8) is 0 Å². The summed E-state index contributed by atoms with van der Waals surface area (Å²) in [5.74, 6) is 2.13. The summed E-state index contributed by atoms with van der Waals surface area (Å²) in [7, 11) is 0. The molecule has 64 valence electrons. The van der Waals surface area contributed by atoms with Gasteiger partial charge in [-0.3, -0.25) is 0 Å². The first-order chi connectivity index (χ1) is 5.03. The SMILES string of the molecule is CC1C(O)C[C@@H]2C[C@H]1C2(C)C. The van der Waals surface area contributed by atoms with E-state index in [1.807, 2.05) is 0 Å². The standard InChI is InChI=1S/C10H18O/c1-6-8-4-7(5-9(6)11)10(8,2)3/h6-9,11H,4-5H2,1-3H3/t6?,7-,8+,9?/m0/s1. The Kier molecular flexibility index (Phi) is 1.39. The zero-order chi connectivity index (χ0) is 8.22. The van der Waals surface area contributed by atoms with Crippen molar-refractivity contribution in [1.82, 2.24) is 0 Å². The molecule has 2 bridgehead atoms. The van der Waals surface area contributed by atoms with Crippen LogP contribution in [0.15, 0.2) is 0 Å². The quantitative estimate of drug-likeness (QED) is 0.566. The Morgan fingerprint density at radius 1 is 1.27 bits per heavy atom. The maximum Gasteiger partial charge on any atom is 0.0571 e. The van der Waals surface area contributed by atoms with Gasteiger partial charge in [0.2, 0.25) is 0 Å². The number of hydrogen-bond acceptors (Lipinski definition) is 1. The minimum absolute atomic E-state index is 0.00762. The highest BCUT2D eigenvalue weighted by Crippen LogP contribution is 2.61. The van der Waals surface area contributed by atoms with Crippen LogP contribution in [-0.4, -0.2) is 11.2 Å². The monoisotopic (exact) mass is 154 g/mol. The van der Waals surface area contributed by atoms with Gasteiger partial charge in [0.05, 0.1) is 6.10 Å². The molecule has 1 N–H and O–H groups in total. The van der Waals surface area contributed by atoms with Gasteiger partial charge in [0.1, 0.15) is 0 Å². The van der Waals surface area contributed by atoms with Crippen LogP contribution in [-0.2, 0) is 0 Å². The first-order valence-corrected chi connectivity index (χ1v) is 4.71. The minimum Gasteiger partial charge on any atom is -0.393 e. The van der Waals surface area contributed by atoms with Gasteiger partial charge in [-0.2, -0.15) is 0 Å². The molecule has 0 aromatic rings. The third-order valence-electron chi connectivity index (χ3n) is 4.31. The van der Waals surface area contributed by atoms with Crippen molar-refractivity contribution < 1.29 is 5.11 Å². The average molecular weight is 154 g/mol. The Hall–Kier alpha value is -0.0400. The molecule has 0 heterocycles. The van der Waals surface area contributed by atoms with Gasteiger partial charge >= 0.3 is 0 Å². The zero-order valence-electron chi connectivity index (χ0n) is 7.67. The van der Waals surface area contributed by atoms with Gasteiger partial charge in [-0.1, -0.05) is 20.8 Å². The fourth-order valence-electron chi connectivity index (χ4n) is 3.12. The van der Waals surface area contributed by atoms with Gasteiger partial charge in [0.15, 0.2) is 0 Å². The van der Waals surface area contributed by atoms with Crippen molar-refractivity contribution >= 4 is 0 Å². The summed E-state index contributed by atoms with van der Waals surface area (Å²) in [5.41, 5.74) is 0.526. The fraction of sp³-hybridized carbons (Fsp3) is 1.00. The fourth-order valence-corrected chi connectivity index (χ4v) is 3.12. The van der Waals surface area contributed by atoms with Crippen molar-refractivity contribution in [3.05, 3.63) is 0 Å². The van der Waals surface area contributed by atoms with E-state index in [2.05, 4.69) is 20.8 Å². The molecule has 0 aromatic carbocycles. The van der Waals surface area contributed by atoms with E-state index in [4.69, 9.17) is 0 Å². The predicted molar refractivity (Wildman–Crippen MR) is 45.2 cm³/mol. The first-order valence-electron chi connectivity index (χ1n) is 4.71. The molecular weight excluding hydrogens is 136 g/mol. The Morgan fingerprint density at radius 3 is 2.27 bits per heavy atom. The molecule has 3 fully saturated rings. The van der Waals surface area contributed by atoms with Crippen LogP contribution < -0.4 is 0 Å². The molecule has 3 aliphatic rings. The van der Waals surface area contributed by atoms with Crippen LogP contribution in [0.25, 0.3) is 0 Å². The van der Waals surface area contributed by atoms with E-state index >= 15 is 0 Å². The summed E-state index contributed by atoms with van der Waals surface area (Å²) in [6.07, 6.45) is 2.40. The summed E-state index contributed by atoms with van der Waals surface area (Å²) >= 11 is 0. The molecule has 0 radical (unpaired) electrons. The zero-order valence-corrected chi connectivity index (χ0v) is 7.67. The van der Waals surface area contributed by atoms with Crippen LogP contribution in [0, 0.1) is 23.2 Å². The molecule has 0 aliphatic heterocycles. The molecule has 3 saturated carbocycles. The predicted octanol–water partition coefficient (Wildman–Crippen LogP) is 2.05. The highest BCUT2D eigenvalue weighted by molar-refractivity contribution is 5.04. The molecule has 2 unspecified atom stereocenters. The summed E-state index contributed by atoms with van der Waals surface area (Å²) < 4.78 is 0. The summed E-state index contributed by atoms with van der Waals surface area (Å²) in [4.78, 5) is 0. The van der Waals surface area contributed by atoms with Gasteiger partial charge in [-0.05, 0) is 36.0 Å². The molecule has 0 saturated heterocycles. The Bertz CT molecular complexity index is 174. The molecule has 3 aliphatic carbocycles. The molecule has 3 rings (SSSR count). The number of hydrogen-bond donors (Lipinski definition) is 1. The van der Waals surface area contributed by atoms with Crippen molar-refractivity contribution in [2.24, 2.45) is 23.2 Å². The lowest BCUT2D eigenvalue weighted by Gasteiger charge is -2.61. The highest BCUT2D eigenvalue weighted by Gasteiger charge is 2.55. The molecule has 0 amide bonds. The van der Waals surface area contributed by atoms with Crippen LogP contribution in [0.2, 0.25) is 0 Å². The number of rotatable bonds is 0. The van der Waals surface area contributed by atoms with Crippen LogP contribution in [0.4, 0.5) is 0 Å². The van der Waals surface area contributed by atoms with E-state index in [0.29, 0.717) is 11.3 Å². The average Bonchev–Trinajstić information content (AvgIpc) is 1.93. The van der Waals surface area contributed by atoms with Crippen molar-refractivity contribution in [3.8, 4) is 0 Å². The van der Waals surface area contributed by atoms with Crippen molar-refractivity contribution in [1.29, 1.82) is 0 Å². The molecule has 1 nitrogen and oxygen atoms in total. The Morgan fingerprint density at radius 2 is 1.91 bits per heavy atom. The number of aliphatic hydroxyl groups excluding tert-OH is 1. The number of fused-ring (bicyclic) bond motifs is 2. The maximum absolute atomic E-state index is 9.61. The third-order valence-corrected chi connectivity index (χ3v) is 4.31. The second-order valence-corrected chi connectivity index (χ2v) is 5.02. The highest BCUT2D eigenvalue weighted by atomic mass is 16.3. The Labute approximate surface area is 68.8 Å². The smallest absolute Gasteiger partial charge is 0.0571 e. The normalized spacial score (nSPS) is 53.5. The molecular formula is C10H18O. The van der Waals surface area contributed by atoms with Gasteiger partial charge in [-0.25, -0.2) is 0 Å². The lowest BCUT2D eigenvalue weighted by Crippen LogP contribution is -2.56.